The van der Waals surface area contributed by atoms with Crippen LogP contribution in [0.15, 0.2) is 30.3 Å². The van der Waals surface area contributed by atoms with Crippen molar-refractivity contribution in [1.29, 1.82) is 0 Å². The van der Waals surface area contributed by atoms with Gasteiger partial charge in [0.15, 0.2) is 0 Å². The molecule has 0 saturated carbocycles. The molecule has 3 rings (SSSR count). The van der Waals surface area contributed by atoms with Gasteiger partial charge in [-0.25, -0.2) is 0 Å². The molecule has 1 aromatic carbocycles. The highest BCUT2D eigenvalue weighted by molar-refractivity contribution is 5.91. The van der Waals surface area contributed by atoms with Crippen LogP contribution in [-0.2, 0) is 20.8 Å². The monoisotopic (exact) mass is 505 g/mol. The van der Waals surface area contributed by atoms with E-state index in [2.05, 4.69) is 5.32 Å². The van der Waals surface area contributed by atoms with Gasteiger partial charge in [-0.2, -0.15) is 0 Å². The van der Waals surface area contributed by atoms with E-state index in [4.69, 9.17) is 11.5 Å². The van der Waals surface area contributed by atoms with Crippen molar-refractivity contribution in [3.8, 4) is 0 Å². The predicted molar refractivity (Wildman–Crippen MR) is 132 cm³/mol. The molecule has 2 fully saturated rings. The van der Waals surface area contributed by atoms with E-state index in [0.29, 0.717) is 38.8 Å². The Bertz CT molecular complexity index is 929. The van der Waals surface area contributed by atoms with Crippen molar-refractivity contribution in [2.24, 2.45) is 11.5 Å². The summed E-state index contributed by atoms with van der Waals surface area (Å²) in [6.07, 6.45) is -1.25. The van der Waals surface area contributed by atoms with Crippen LogP contribution in [0.5, 0.6) is 0 Å². The lowest BCUT2D eigenvalue weighted by atomic mass is 9.85. The minimum absolute atomic E-state index is 0.285. The van der Waals surface area contributed by atoms with Gasteiger partial charge in [0.1, 0.15) is 24.4 Å². The summed E-state index contributed by atoms with van der Waals surface area (Å²) >= 11 is 0. The zero-order chi connectivity index (χ0) is 26.6. The van der Waals surface area contributed by atoms with Crippen LogP contribution >= 0.6 is 0 Å². The van der Waals surface area contributed by atoms with E-state index >= 15 is 0 Å². The first-order valence-electron chi connectivity index (χ1n) is 12.5. The van der Waals surface area contributed by atoms with Crippen LogP contribution in [0.25, 0.3) is 0 Å². The van der Waals surface area contributed by atoms with Gasteiger partial charge < -0.3 is 36.6 Å². The van der Waals surface area contributed by atoms with E-state index in [1.54, 1.807) is 4.90 Å². The lowest BCUT2D eigenvalue weighted by Gasteiger charge is -2.45. The summed E-state index contributed by atoms with van der Waals surface area (Å²) in [6.45, 7) is 3.52. The molecule has 36 heavy (non-hydrogen) atoms. The van der Waals surface area contributed by atoms with Crippen LogP contribution < -0.4 is 16.8 Å². The van der Waals surface area contributed by atoms with E-state index in [1.807, 2.05) is 30.3 Å². The molecular weight excluding hydrogens is 466 g/mol. The lowest BCUT2D eigenvalue weighted by Crippen LogP contribution is -2.67. The molecule has 2 aliphatic heterocycles. The number of carbonyl (C=O) groups is 3. The number of nitrogens with zero attached hydrogens (tertiary/aromatic N) is 2. The molecule has 1 aromatic rings. The van der Waals surface area contributed by atoms with E-state index < -0.39 is 53.9 Å². The van der Waals surface area contributed by atoms with E-state index in [0.717, 1.165) is 5.56 Å². The summed E-state index contributed by atoms with van der Waals surface area (Å²) in [7, 11) is 0. The number of hydrogen-bond donors (Lipinski definition) is 6. The van der Waals surface area contributed by atoms with Gasteiger partial charge in [-0.15, -0.1) is 0 Å². The molecule has 0 bridgehead atoms. The molecule has 0 radical (unpaired) electrons. The van der Waals surface area contributed by atoms with Crippen molar-refractivity contribution >= 4 is 17.7 Å². The number of amides is 3. The predicted octanol–water partition coefficient (Wildman–Crippen LogP) is -1.57. The Hall–Kier alpha value is -2.57. The number of nitrogens with two attached hydrogens (primary N) is 2. The van der Waals surface area contributed by atoms with Crippen LogP contribution in [0.1, 0.15) is 45.1 Å². The van der Waals surface area contributed by atoms with E-state index in [1.165, 1.54) is 18.7 Å². The molecule has 2 aliphatic rings. The van der Waals surface area contributed by atoms with Crippen molar-refractivity contribution in [2.45, 2.75) is 88.1 Å². The molecule has 200 valence electrons. The molecule has 0 aliphatic carbocycles. The van der Waals surface area contributed by atoms with Gasteiger partial charge in [0.2, 0.25) is 17.7 Å². The van der Waals surface area contributed by atoms with Gasteiger partial charge in [0.05, 0.1) is 17.7 Å². The fraction of sp³-hybridized carbons (Fsp3) is 0.640. The Labute approximate surface area is 211 Å². The molecular formula is C25H39N5O6. The maximum atomic E-state index is 14.0. The molecule has 8 N–H and O–H groups in total. The molecule has 2 saturated heterocycles. The second-order valence-corrected chi connectivity index (χ2v) is 10.0. The average Bonchev–Trinajstić information content (AvgIpc) is 3.49. The summed E-state index contributed by atoms with van der Waals surface area (Å²) < 4.78 is 0. The van der Waals surface area contributed by atoms with Crippen LogP contribution in [-0.4, -0.2) is 98.0 Å². The fourth-order valence-electron chi connectivity index (χ4n) is 5.39. The van der Waals surface area contributed by atoms with Crippen molar-refractivity contribution in [1.82, 2.24) is 15.1 Å². The SMILES string of the molecule is C[C@@H](O)[C@H](N)C(=O)N1CCC[C@H]1C(=O)N1CCC[C@]1(Cc1ccccc1)[C@@H](O)N[C@H](C(N)=O)[C@@H](C)O. The number of likely N-dealkylation sites (tertiary alicyclic amines) is 2. The highest BCUT2D eigenvalue weighted by atomic mass is 16.3. The molecule has 11 nitrogen and oxygen atoms in total. The average molecular weight is 506 g/mol. The van der Waals surface area contributed by atoms with Crippen LogP contribution in [0.4, 0.5) is 0 Å². The zero-order valence-electron chi connectivity index (χ0n) is 20.9. The summed E-state index contributed by atoms with van der Waals surface area (Å²) in [5.74, 6) is -1.63. The Morgan fingerprint density at radius 3 is 2.33 bits per heavy atom. The highest BCUT2D eigenvalue weighted by Gasteiger charge is 2.52. The molecule has 0 aromatic heterocycles. The number of hydrogen-bond acceptors (Lipinski definition) is 8. The van der Waals surface area contributed by atoms with E-state index in [9.17, 15) is 29.7 Å². The Balaban J connectivity index is 1.95. The smallest absolute Gasteiger partial charge is 0.245 e. The number of nitrogens with one attached hydrogen (secondary N) is 1. The summed E-state index contributed by atoms with van der Waals surface area (Å²) in [4.78, 5) is 41.9. The Morgan fingerprint density at radius 2 is 1.75 bits per heavy atom. The number of benzene rings is 1. The van der Waals surface area contributed by atoms with Gasteiger partial charge in [0, 0.05) is 13.1 Å². The fourth-order valence-corrected chi connectivity index (χ4v) is 5.39. The van der Waals surface area contributed by atoms with Crippen LogP contribution in [0, 0.1) is 0 Å². The number of aliphatic hydroxyl groups excluding tert-OH is 3. The maximum Gasteiger partial charge on any atom is 0.245 e. The zero-order valence-corrected chi connectivity index (χ0v) is 20.9. The number of aliphatic hydroxyl groups is 3. The highest BCUT2D eigenvalue weighted by Crippen LogP contribution is 2.37. The van der Waals surface area contributed by atoms with E-state index in [-0.39, 0.29) is 12.3 Å². The van der Waals surface area contributed by atoms with Crippen molar-refractivity contribution < 1.29 is 29.7 Å². The first-order valence-corrected chi connectivity index (χ1v) is 12.5. The van der Waals surface area contributed by atoms with Crippen LogP contribution in [0.2, 0.25) is 0 Å². The number of primary amides is 1. The molecule has 2 heterocycles. The molecule has 11 heteroatoms. The van der Waals surface area contributed by atoms with Gasteiger partial charge in [-0.3, -0.25) is 19.7 Å². The first kappa shape index (κ1) is 28.0. The lowest BCUT2D eigenvalue weighted by molar-refractivity contribution is -0.152. The Morgan fingerprint density at radius 1 is 1.08 bits per heavy atom. The minimum atomic E-state index is -1.39. The second kappa shape index (κ2) is 11.7. The van der Waals surface area contributed by atoms with Gasteiger partial charge in [-0.05, 0) is 51.5 Å². The summed E-state index contributed by atoms with van der Waals surface area (Å²) in [6, 6.07) is 6.24. The van der Waals surface area contributed by atoms with Gasteiger partial charge >= 0.3 is 0 Å². The largest absolute Gasteiger partial charge is 0.391 e. The molecule has 0 spiro atoms. The van der Waals surface area contributed by atoms with Crippen molar-refractivity contribution in [2.75, 3.05) is 13.1 Å². The van der Waals surface area contributed by atoms with Gasteiger partial charge in [-0.1, -0.05) is 30.3 Å². The van der Waals surface area contributed by atoms with Crippen molar-refractivity contribution in [3.63, 3.8) is 0 Å². The molecule has 0 unspecified atom stereocenters. The third kappa shape index (κ3) is 5.70. The second-order valence-electron chi connectivity index (χ2n) is 10.0. The Kier molecular flexibility index (Phi) is 9.07. The first-order chi connectivity index (χ1) is 17.0. The standard InChI is InChI=1S/C25H39N5O6/c1-15(31)19(26)23(35)29-12-6-10-18(29)22(34)30-13-7-11-25(30,14-17-8-4-3-5-9-17)24(36)28-20(16(2)32)21(27)33/h3-5,8-9,15-16,18-20,24,28,31-32,36H,6-7,10-14,26H2,1-2H3,(H2,27,33)/t15-,16-,18+,19+,20+,24-,25+/m1/s1. The minimum Gasteiger partial charge on any atom is -0.391 e. The third-order valence-corrected chi connectivity index (χ3v) is 7.41. The normalized spacial score (nSPS) is 26.3. The molecule has 7 atom stereocenters. The van der Waals surface area contributed by atoms with Crippen LogP contribution in [0.3, 0.4) is 0 Å². The quantitative estimate of drug-likeness (QED) is 0.206. The topological polar surface area (TPSA) is 182 Å². The number of carbonyl (C=O) groups excluding carboxylic acids is 3. The van der Waals surface area contributed by atoms with Gasteiger partial charge in [0.25, 0.3) is 0 Å². The summed E-state index contributed by atoms with van der Waals surface area (Å²) in [5.41, 5.74) is 11.1. The maximum absolute atomic E-state index is 14.0. The number of rotatable bonds is 10. The van der Waals surface area contributed by atoms with Crippen molar-refractivity contribution in [3.05, 3.63) is 35.9 Å². The third-order valence-electron chi connectivity index (χ3n) is 7.41. The summed E-state index contributed by atoms with van der Waals surface area (Å²) in [5, 5.41) is 34.1. The molecule has 3 amide bonds.